The Morgan fingerprint density at radius 3 is 2.61 bits per heavy atom. The number of hydrazone groups is 1. The summed E-state index contributed by atoms with van der Waals surface area (Å²) in [5, 5.41) is 10.2. The fourth-order valence-electron chi connectivity index (χ4n) is 2.71. The summed E-state index contributed by atoms with van der Waals surface area (Å²) in [4.78, 5) is 0.599. The van der Waals surface area contributed by atoms with Crippen LogP contribution >= 0.6 is 23.8 Å². The van der Waals surface area contributed by atoms with Gasteiger partial charge in [0.15, 0.2) is 0 Å². The highest BCUT2D eigenvalue weighted by Crippen LogP contribution is 2.26. The summed E-state index contributed by atoms with van der Waals surface area (Å²) in [6.45, 7) is 3.23. The van der Waals surface area contributed by atoms with Gasteiger partial charge in [0.2, 0.25) is 5.88 Å². The van der Waals surface area contributed by atoms with Crippen molar-refractivity contribution in [2.45, 2.75) is 19.9 Å². The molecule has 7 heteroatoms. The smallest absolute Gasteiger partial charge is 0.212 e. The van der Waals surface area contributed by atoms with Crippen LogP contribution in [0.1, 0.15) is 18.9 Å². The lowest BCUT2D eigenvalue weighted by Gasteiger charge is -2.29. The molecule has 0 aromatic heterocycles. The van der Waals surface area contributed by atoms with Crippen molar-refractivity contribution in [3.8, 4) is 0 Å². The molecule has 0 amide bonds. The van der Waals surface area contributed by atoms with Crippen molar-refractivity contribution in [3.05, 3.63) is 77.1 Å². The van der Waals surface area contributed by atoms with Crippen LogP contribution in [0.3, 0.4) is 0 Å². The third-order valence-electron chi connectivity index (χ3n) is 4.17. The third-order valence-corrected chi connectivity index (χ3v) is 4.82. The number of para-hydroxylation sites is 1. The lowest BCUT2D eigenvalue weighted by molar-refractivity contribution is 0.202. The van der Waals surface area contributed by atoms with Crippen LogP contribution < -0.4 is 16.1 Å². The number of ether oxygens (including phenoxy) is 1. The maximum atomic E-state index is 6.25. The first-order chi connectivity index (χ1) is 13.6. The van der Waals surface area contributed by atoms with Crippen molar-refractivity contribution in [1.29, 1.82) is 0 Å². The van der Waals surface area contributed by atoms with Crippen molar-refractivity contribution < 1.29 is 4.74 Å². The van der Waals surface area contributed by atoms with E-state index in [2.05, 4.69) is 17.3 Å². The summed E-state index contributed by atoms with van der Waals surface area (Å²) < 4.78 is 5.93. The van der Waals surface area contributed by atoms with Gasteiger partial charge in [0.25, 0.3) is 0 Å². The molecular formula is C21H23ClN4OS. The quantitative estimate of drug-likeness (QED) is 0.656. The minimum Gasteiger partial charge on any atom is -0.478 e. The minimum atomic E-state index is -0.325. The van der Waals surface area contributed by atoms with Crippen LogP contribution in [0.5, 0.6) is 0 Å². The predicted molar refractivity (Wildman–Crippen MR) is 119 cm³/mol. The average Bonchev–Trinajstić information content (AvgIpc) is 2.72. The van der Waals surface area contributed by atoms with E-state index in [0.29, 0.717) is 34.9 Å². The Bertz CT molecular complexity index is 868. The highest BCUT2D eigenvalue weighted by molar-refractivity contribution is 7.80. The summed E-state index contributed by atoms with van der Waals surface area (Å²) in [5.74, 6) is 0.721. The Morgan fingerprint density at radius 2 is 1.93 bits per heavy atom. The topological polar surface area (TPSA) is 62.9 Å². The standard InChI is InChI=1S/C21H23ClN4OS/c1-2-12-27-19-13-18(20(23)25-26(19)17-6-4-3-5-7-17)21(28)24-14-15-8-10-16(22)11-9-15/h3-11,13,18H,2,12,14H2,1H3,(H2,23,25)(H,24,28). The molecule has 0 saturated heterocycles. The second-order valence-electron chi connectivity index (χ2n) is 6.35. The first kappa shape index (κ1) is 20.2. The van der Waals surface area contributed by atoms with Crippen LogP contribution in [0.15, 0.2) is 71.7 Å². The SMILES string of the molecule is CCCOC1=CC(C(=S)NCc2ccc(Cl)cc2)C(N)=NN1c1ccccc1. The fourth-order valence-corrected chi connectivity index (χ4v) is 3.09. The van der Waals surface area contributed by atoms with E-state index in [4.69, 9.17) is 34.3 Å². The van der Waals surface area contributed by atoms with Crippen LogP contribution in [0.25, 0.3) is 0 Å². The zero-order chi connectivity index (χ0) is 19.9. The zero-order valence-corrected chi connectivity index (χ0v) is 17.2. The van der Waals surface area contributed by atoms with Gasteiger partial charge in [-0.05, 0) is 42.3 Å². The number of hydrogen-bond donors (Lipinski definition) is 2. The van der Waals surface area contributed by atoms with Gasteiger partial charge in [-0.15, -0.1) is 0 Å². The molecule has 0 fully saturated rings. The number of nitrogens with two attached hydrogens (primary N) is 1. The Kier molecular flexibility index (Phi) is 6.90. The summed E-state index contributed by atoms with van der Waals surface area (Å²) in [6.07, 6.45) is 2.81. The van der Waals surface area contributed by atoms with Crippen LogP contribution in [0.4, 0.5) is 5.69 Å². The number of rotatable bonds is 7. The van der Waals surface area contributed by atoms with Crippen LogP contribution in [-0.2, 0) is 11.3 Å². The van der Waals surface area contributed by atoms with Crippen molar-refractivity contribution in [1.82, 2.24) is 5.32 Å². The fraction of sp³-hybridized carbons (Fsp3) is 0.238. The number of thiocarbonyl (C=S) groups is 1. The predicted octanol–water partition coefficient (Wildman–Crippen LogP) is 4.43. The number of amidine groups is 1. The molecule has 0 saturated carbocycles. The summed E-state index contributed by atoms with van der Waals surface area (Å²) in [7, 11) is 0. The highest BCUT2D eigenvalue weighted by Gasteiger charge is 2.27. The molecule has 146 valence electrons. The van der Waals surface area contributed by atoms with E-state index in [1.807, 2.05) is 60.7 Å². The molecule has 0 aliphatic carbocycles. The zero-order valence-electron chi connectivity index (χ0n) is 15.6. The van der Waals surface area contributed by atoms with Gasteiger partial charge in [-0.1, -0.05) is 61.1 Å². The molecule has 28 heavy (non-hydrogen) atoms. The number of hydrogen-bond acceptors (Lipinski definition) is 5. The van der Waals surface area contributed by atoms with Crippen LogP contribution in [0.2, 0.25) is 5.02 Å². The maximum Gasteiger partial charge on any atom is 0.212 e. The van der Waals surface area contributed by atoms with Crippen molar-refractivity contribution >= 4 is 40.3 Å². The Morgan fingerprint density at radius 1 is 1.21 bits per heavy atom. The monoisotopic (exact) mass is 414 g/mol. The molecule has 1 heterocycles. The van der Waals surface area contributed by atoms with E-state index in [1.165, 1.54) is 0 Å². The van der Waals surface area contributed by atoms with Gasteiger partial charge in [0, 0.05) is 11.6 Å². The Labute approximate surface area is 175 Å². The number of benzene rings is 2. The molecule has 3 N–H and O–H groups in total. The summed E-state index contributed by atoms with van der Waals surface area (Å²) in [5.41, 5.74) is 8.21. The molecule has 3 rings (SSSR count). The molecule has 1 aliphatic heterocycles. The minimum absolute atomic E-state index is 0.325. The lowest BCUT2D eigenvalue weighted by atomic mass is 10.1. The van der Waals surface area contributed by atoms with Crippen LogP contribution in [0, 0.1) is 5.92 Å². The van der Waals surface area contributed by atoms with E-state index in [1.54, 1.807) is 5.01 Å². The summed E-state index contributed by atoms with van der Waals surface area (Å²) >= 11 is 11.5. The van der Waals surface area contributed by atoms with Gasteiger partial charge < -0.3 is 15.8 Å². The highest BCUT2D eigenvalue weighted by atomic mass is 35.5. The normalized spacial score (nSPS) is 16.2. The second kappa shape index (κ2) is 9.57. The first-order valence-electron chi connectivity index (χ1n) is 9.14. The van der Waals surface area contributed by atoms with E-state index < -0.39 is 0 Å². The van der Waals surface area contributed by atoms with Gasteiger partial charge >= 0.3 is 0 Å². The van der Waals surface area contributed by atoms with Crippen molar-refractivity contribution in [3.63, 3.8) is 0 Å². The van der Waals surface area contributed by atoms with Gasteiger partial charge in [-0.25, -0.2) is 0 Å². The largest absolute Gasteiger partial charge is 0.478 e. The number of halogens is 1. The number of anilines is 1. The molecule has 0 radical (unpaired) electrons. The Hall–Kier alpha value is -2.57. The molecule has 2 aromatic carbocycles. The molecule has 1 atom stereocenters. The molecular weight excluding hydrogens is 392 g/mol. The van der Waals surface area contributed by atoms with Gasteiger partial charge in [0.05, 0.1) is 23.2 Å². The van der Waals surface area contributed by atoms with Gasteiger partial charge in [-0.3, -0.25) is 0 Å². The molecule has 1 unspecified atom stereocenters. The first-order valence-corrected chi connectivity index (χ1v) is 9.93. The number of nitrogens with zero attached hydrogens (tertiary/aromatic N) is 2. The molecule has 0 bridgehead atoms. The molecule has 0 spiro atoms. The van der Waals surface area contributed by atoms with Crippen molar-refractivity contribution in [2.24, 2.45) is 16.8 Å². The van der Waals surface area contributed by atoms with Gasteiger partial charge in [-0.2, -0.15) is 10.1 Å². The Balaban J connectivity index is 1.75. The second-order valence-corrected chi connectivity index (χ2v) is 7.22. The van der Waals surface area contributed by atoms with Crippen molar-refractivity contribution in [2.75, 3.05) is 11.6 Å². The lowest BCUT2D eigenvalue weighted by Crippen LogP contribution is -2.41. The third kappa shape index (κ3) is 5.03. The van der Waals surface area contributed by atoms with Crippen LogP contribution in [-0.4, -0.2) is 17.4 Å². The number of nitrogens with one attached hydrogen (secondary N) is 1. The molecule has 5 nitrogen and oxygen atoms in total. The maximum absolute atomic E-state index is 6.25. The molecule has 1 aliphatic rings. The van der Waals surface area contributed by atoms with E-state index in [9.17, 15) is 0 Å². The molecule has 2 aromatic rings. The van der Waals surface area contributed by atoms with E-state index in [-0.39, 0.29) is 5.92 Å². The van der Waals surface area contributed by atoms with E-state index in [0.717, 1.165) is 17.7 Å². The average molecular weight is 415 g/mol. The van der Waals surface area contributed by atoms with E-state index >= 15 is 0 Å². The summed E-state index contributed by atoms with van der Waals surface area (Å²) in [6, 6.07) is 17.4. The van der Waals surface area contributed by atoms with Gasteiger partial charge in [0.1, 0.15) is 5.84 Å².